The topological polar surface area (TPSA) is 96.8 Å². The van der Waals surface area contributed by atoms with Crippen molar-refractivity contribution in [3.05, 3.63) is 65.7 Å². The highest BCUT2D eigenvalue weighted by Gasteiger charge is 2.48. The van der Waals surface area contributed by atoms with Gasteiger partial charge >= 0.3 is 12.1 Å². The fraction of sp³-hybridized carbons (Fsp3) is 0.417. The van der Waals surface area contributed by atoms with E-state index in [1.54, 1.807) is 20.8 Å². The van der Waals surface area contributed by atoms with Crippen molar-refractivity contribution in [2.24, 2.45) is 17.3 Å². The van der Waals surface area contributed by atoms with Gasteiger partial charge in [-0.3, -0.25) is 14.6 Å². The summed E-state index contributed by atoms with van der Waals surface area (Å²) in [5.41, 5.74) is 0.508. The van der Waals surface area contributed by atoms with Crippen molar-refractivity contribution >= 4 is 18.0 Å². The first-order valence-corrected chi connectivity index (χ1v) is 10.4. The summed E-state index contributed by atoms with van der Waals surface area (Å²) >= 11 is 0. The Kier molecular flexibility index (Phi) is 6.91. The molecule has 7 nitrogen and oxygen atoms in total. The zero-order valence-electron chi connectivity index (χ0n) is 18.3. The summed E-state index contributed by atoms with van der Waals surface area (Å²) < 4.78 is 18.5. The van der Waals surface area contributed by atoms with E-state index in [2.05, 4.69) is 4.98 Å². The van der Waals surface area contributed by atoms with Crippen LogP contribution in [0, 0.1) is 23.1 Å². The highest BCUT2D eigenvalue weighted by molar-refractivity contribution is 5.96. The number of amides is 2. The van der Waals surface area contributed by atoms with Crippen LogP contribution >= 0.6 is 0 Å². The molecule has 0 spiro atoms. The van der Waals surface area contributed by atoms with Crippen molar-refractivity contribution in [2.45, 2.75) is 39.7 Å². The van der Waals surface area contributed by atoms with Gasteiger partial charge in [-0.15, -0.1) is 0 Å². The van der Waals surface area contributed by atoms with E-state index >= 15 is 0 Å². The number of carbonyl (C=O) groups is 3. The fourth-order valence-corrected chi connectivity index (χ4v) is 4.19. The zero-order valence-corrected chi connectivity index (χ0v) is 18.3. The normalized spacial score (nSPS) is 18.2. The fourth-order valence-electron chi connectivity index (χ4n) is 4.19. The summed E-state index contributed by atoms with van der Waals surface area (Å²) in [4.78, 5) is 43.5. The van der Waals surface area contributed by atoms with E-state index < -0.39 is 47.1 Å². The Hall–Kier alpha value is -3.29. The smallest absolute Gasteiger partial charge is 0.416 e. The number of hydrogen-bond acceptors (Lipinski definition) is 5. The number of halogens is 1. The van der Waals surface area contributed by atoms with Crippen LogP contribution in [0.3, 0.4) is 0 Å². The standard InChI is InChI=1S/C24H27FN2O5/c1-24(2,3)20(22(29)30)19(12-17-10-9-16(25)13-26-17)21(28)27-18(14-32-23(27)31)11-15-7-5-4-6-8-15/h4-10,13,18-20H,11-12,14H2,1-3H3,(H,29,30)/t18-,19?,20+/m1/s1. The van der Waals surface area contributed by atoms with Gasteiger partial charge in [0.05, 0.1) is 24.1 Å². The molecule has 170 valence electrons. The lowest BCUT2D eigenvalue weighted by molar-refractivity contribution is -0.154. The molecule has 1 aromatic carbocycles. The molecule has 1 saturated heterocycles. The molecule has 1 aromatic heterocycles. The van der Waals surface area contributed by atoms with Gasteiger partial charge in [-0.25, -0.2) is 14.1 Å². The molecule has 3 atom stereocenters. The Balaban J connectivity index is 1.95. The number of rotatable bonds is 7. The summed E-state index contributed by atoms with van der Waals surface area (Å²) in [6.07, 6.45) is 0.583. The zero-order chi connectivity index (χ0) is 23.5. The number of nitrogens with zero attached hydrogens (tertiary/aromatic N) is 2. The second kappa shape index (κ2) is 9.46. The number of imide groups is 1. The maximum absolute atomic E-state index is 13.7. The Bertz CT molecular complexity index is 972. The van der Waals surface area contributed by atoms with E-state index in [-0.39, 0.29) is 13.0 Å². The lowest BCUT2D eigenvalue weighted by Gasteiger charge is -2.35. The van der Waals surface area contributed by atoms with Crippen LogP contribution in [0.15, 0.2) is 48.7 Å². The van der Waals surface area contributed by atoms with Crippen LogP contribution in [0.25, 0.3) is 0 Å². The first kappa shape index (κ1) is 23.4. The molecule has 1 aliphatic rings. The molecule has 2 heterocycles. The summed E-state index contributed by atoms with van der Waals surface area (Å²) in [6, 6.07) is 11.5. The molecule has 1 unspecified atom stereocenters. The number of cyclic esters (lactones) is 1. The van der Waals surface area contributed by atoms with Gasteiger partial charge in [0, 0.05) is 12.1 Å². The molecule has 2 aromatic rings. The van der Waals surface area contributed by atoms with Crippen molar-refractivity contribution in [3.8, 4) is 0 Å². The molecule has 0 radical (unpaired) electrons. The summed E-state index contributed by atoms with van der Waals surface area (Å²) in [5.74, 6) is -4.50. The van der Waals surface area contributed by atoms with Crippen molar-refractivity contribution < 1.29 is 28.6 Å². The first-order valence-electron chi connectivity index (χ1n) is 10.4. The van der Waals surface area contributed by atoms with Gasteiger partial charge in [0.25, 0.3) is 0 Å². The second-order valence-corrected chi connectivity index (χ2v) is 9.09. The molecule has 0 bridgehead atoms. The lowest BCUT2D eigenvalue weighted by Crippen LogP contribution is -2.49. The maximum Gasteiger partial charge on any atom is 0.416 e. The third-order valence-electron chi connectivity index (χ3n) is 5.65. The summed E-state index contributed by atoms with van der Waals surface area (Å²) in [5, 5.41) is 9.99. The quantitative estimate of drug-likeness (QED) is 0.702. The van der Waals surface area contributed by atoms with Gasteiger partial charge < -0.3 is 9.84 Å². The number of hydrogen-bond donors (Lipinski definition) is 1. The molecule has 32 heavy (non-hydrogen) atoms. The molecule has 1 aliphatic heterocycles. The van der Waals surface area contributed by atoms with Crippen molar-refractivity contribution in [3.63, 3.8) is 0 Å². The highest BCUT2D eigenvalue weighted by Crippen LogP contribution is 2.36. The number of carboxylic acids is 1. The van der Waals surface area contributed by atoms with E-state index in [1.807, 2.05) is 30.3 Å². The SMILES string of the molecule is CC(C)(C)[C@H](C(=O)O)C(Cc1ccc(F)cn1)C(=O)N1C(=O)OC[C@H]1Cc1ccccc1. The van der Waals surface area contributed by atoms with Crippen LogP contribution in [-0.4, -0.2) is 45.6 Å². The number of aromatic nitrogens is 1. The van der Waals surface area contributed by atoms with Crippen LogP contribution in [0.1, 0.15) is 32.0 Å². The van der Waals surface area contributed by atoms with Gasteiger partial charge in [0.2, 0.25) is 5.91 Å². The molecule has 8 heteroatoms. The molecule has 1 fully saturated rings. The minimum absolute atomic E-state index is 0.0360. The summed E-state index contributed by atoms with van der Waals surface area (Å²) in [6.45, 7) is 5.23. The number of pyridine rings is 1. The van der Waals surface area contributed by atoms with Crippen LogP contribution in [-0.2, 0) is 27.2 Å². The van der Waals surface area contributed by atoms with Crippen molar-refractivity contribution in [2.75, 3.05) is 6.61 Å². The predicted molar refractivity (Wildman–Crippen MR) is 114 cm³/mol. The largest absolute Gasteiger partial charge is 0.481 e. The number of aliphatic carboxylic acids is 1. The van der Waals surface area contributed by atoms with E-state index in [1.165, 1.54) is 12.1 Å². The van der Waals surface area contributed by atoms with Crippen molar-refractivity contribution in [1.29, 1.82) is 0 Å². The van der Waals surface area contributed by atoms with Crippen LogP contribution in [0.2, 0.25) is 0 Å². The van der Waals surface area contributed by atoms with Gasteiger partial charge in [-0.1, -0.05) is 51.1 Å². The summed E-state index contributed by atoms with van der Waals surface area (Å²) in [7, 11) is 0. The number of benzene rings is 1. The number of ether oxygens (including phenoxy) is 1. The van der Waals surface area contributed by atoms with Crippen molar-refractivity contribution in [1.82, 2.24) is 9.88 Å². The predicted octanol–water partition coefficient (Wildman–Crippen LogP) is 3.72. The Morgan fingerprint density at radius 3 is 2.47 bits per heavy atom. The number of carboxylic acid groups (broad SMARTS) is 1. The molecule has 3 rings (SSSR count). The molecule has 0 aliphatic carbocycles. The first-order chi connectivity index (χ1) is 15.1. The van der Waals surface area contributed by atoms with Crippen LogP contribution in [0.5, 0.6) is 0 Å². The second-order valence-electron chi connectivity index (χ2n) is 9.09. The van der Waals surface area contributed by atoms with Crippen LogP contribution in [0.4, 0.5) is 9.18 Å². The van der Waals surface area contributed by atoms with E-state index in [4.69, 9.17) is 4.74 Å². The van der Waals surface area contributed by atoms with Gasteiger partial charge in [0.15, 0.2) is 0 Å². The minimum Gasteiger partial charge on any atom is -0.481 e. The van der Waals surface area contributed by atoms with Gasteiger partial charge in [-0.2, -0.15) is 0 Å². The number of carbonyl (C=O) groups excluding carboxylic acids is 2. The minimum atomic E-state index is -1.15. The third kappa shape index (κ3) is 5.30. The third-order valence-corrected chi connectivity index (χ3v) is 5.65. The Morgan fingerprint density at radius 2 is 1.91 bits per heavy atom. The molecular weight excluding hydrogens is 415 g/mol. The average Bonchev–Trinajstić information content (AvgIpc) is 3.08. The average molecular weight is 442 g/mol. The van der Waals surface area contributed by atoms with E-state index in [0.29, 0.717) is 12.1 Å². The molecule has 0 saturated carbocycles. The molecule has 1 N–H and O–H groups in total. The maximum atomic E-state index is 13.7. The Morgan fingerprint density at radius 1 is 1.22 bits per heavy atom. The Labute approximate surface area is 186 Å². The van der Waals surface area contributed by atoms with Crippen LogP contribution < -0.4 is 0 Å². The monoisotopic (exact) mass is 442 g/mol. The molecular formula is C24H27FN2O5. The lowest BCUT2D eigenvalue weighted by atomic mass is 9.71. The van der Waals surface area contributed by atoms with E-state index in [9.17, 15) is 23.9 Å². The van der Waals surface area contributed by atoms with Gasteiger partial charge in [-0.05, 0) is 29.5 Å². The highest BCUT2D eigenvalue weighted by atomic mass is 19.1. The van der Waals surface area contributed by atoms with Gasteiger partial charge in [0.1, 0.15) is 12.4 Å². The molecule has 2 amide bonds. The van der Waals surface area contributed by atoms with E-state index in [0.717, 1.165) is 16.7 Å².